The minimum absolute atomic E-state index is 0.0566. The van der Waals surface area contributed by atoms with Crippen LogP contribution in [0.4, 0.5) is 17.1 Å². The summed E-state index contributed by atoms with van der Waals surface area (Å²) in [5, 5.41) is 3.63. The molecule has 0 spiro atoms. The number of Topliss-reactive ketones (excluding diaryl/α,β-unsaturated/α-hetero) is 1. The van der Waals surface area contributed by atoms with Crippen molar-refractivity contribution < 1.29 is 9.59 Å². The van der Waals surface area contributed by atoms with E-state index >= 15 is 0 Å². The van der Waals surface area contributed by atoms with Gasteiger partial charge in [0.25, 0.3) is 0 Å². The summed E-state index contributed by atoms with van der Waals surface area (Å²) in [7, 11) is 4.03. The van der Waals surface area contributed by atoms with Crippen molar-refractivity contribution in [2.45, 2.75) is 57.4 Å². The number of nitrogens with zero attached hydrogens (tertiary/aromatic N) is 2. The van der Waals surface area contributed by atoms with Crippen LogP contribution in [-0.4, -0.2) is 25.8 Å². The van der Waals surface area contributed by atoms with E-state index in [-0.39, 0.29) is 17.6 Å². The van der Waals surface area contributed by atoms with Gasteiger partial charge in [-0.3, -0.25) is 14.5 Å². The number of anilines is 3. The molecule has 1 amide bonds. The van der Waals surface area contributed by atoms with Gasteiger partial charge in [0.2, 0.25) is 5.91 Å². The van der Waals surface area contributed by atoms with E-state index < -0.39 is 6.04 Å². The molecule has 0 aromatic heterocycles. The summed E-state index contributed by atoms with van der Waals surface area (Å²) in [5.74, 6) is 0.264. The Morgan fingerprint density at radius 1 is 0.895 bits per heavy atom. The maximum Gasteiger partial charge on any atom is 0.227 e. The molecule has 196 valence electrons. The van der Waals surface area contributed by atoms with Crippen LogP contribution in [-0.2, 0) is 9.59 Å². The van der Waals surface area contributed by atoms with Crippen molar-refractivity contribution in [3.8, 4) is 0 Å². The highest BCUT2D eigenvalue weighted by molar-refractivity contribution is 6.06. The predicted octanol–water partition coefficient (Wildman–Crippen LogP) is 7.23. The van der Waals surface area contributed by atoms with E-state index in [2.05, 4.69) is 53.5 Å². The molecule has 5 rings (SSSR count). The lowest BCUT2D eigenvalue weighted by Crippen LogP contribution is -2.38. The lowest BCUT2D eigenvalue weighted by atomic mass is 9.78. The molecule has 1 heterocycles. The van der Waals surface area contributed by atoms with Crippen molar-refractivity contribution in [1.82, 2.24) is 0 Å². The second-order valence-corrected chi connectivity index (χ2v) is 10.6. The van der Waals surface area contributed by atoms with Gasteiger partial charge in [-0.15, -0.1) is 0 Å². The maximum absolute atomic E-state index is 14.1. The molecular formula is C33H37N3O2. The van der Waals surface area contributed by atoms with Gasteiger partial charge in [0, 0.05) is 43.9 Å². The first-order chi connectivity index (χ1) is 18.5. The molecule has 38 heavy (non-hydrogen) atoms. The Balaban J connectivity index is 1.66. The summed E-state index contributed by atoms with van der Waals surface area (Å²) in [4.78, 5) is 32.0. The Kier molecular flexibility index (Phi) is 7.64. The zero-order chi connectivity index (χ0) is 26.6. The Labute approximate surface area is 226 Å². The first-order valence-electron chi connectivity index (χ1n) is 13.7. The fraction of sp³-hybridized carbons (Fsp3) is 0.333. The number of amides is 1. The zero-order valence-corrected chi connectivity index (χ0v) is 22.6. The number of hydrogen-bond acceptors (Lipinski definition) is 4. The van der Waals surface area contributed by atoms with E-state index in [1.165, 1.54) is 5.56 Å². The third kappa shape index (κ3) is 5.10. The number of hydrogen-bond donors (Lipinski definition) is 1. The molecule has 0 bridgehead atoms. The lowest BCUT2D eigenvalue weighted by molar-refractivity contribution is -0.119. The molecule has 1 aliphatic heterocycles. The van der Waals surface area contributed by atoms with E-state index in [9.17, 15) is 9.59 Å². The van der Waals surface area contributed by atoms with Crippen LogP contribution >= 0.6 is 0 Å². The fourth-order valence-electron chi connectivity index (χ4n) is 5.74. The predicted molar refractivity (Wildman–Crippen MR) is 156 cm³/mol. The van der Waals surface area contributed by atoms with Gasteiger partial charge < -0.3 is 10.2 Å². The highest BCUT2D eigenvalue weighted by atomic mass is 16.2. The molecule has 0 fully saturated rings. The summed E-state index contributed by atoms with van der Waals surface area (Å²) in [6.45, 7) is 2.14. The Morgan fingerprint density at radius 2 is 1.61 bits per heavy atom. The zero-order valence-electron chi connectivity index (χ0n) is 22.6. The first-order valence-corrected chi connectivity index (χ1v) is 13.7. The van der Waals surface area contributed by atoms with Crippen molar-refractivity contribution >= 4 is 28.8 Å². The molecule has 0 saturated heterocycles. The SMILES string of the molecule is CCCCCC(=O)N1c2ccccc2NC2=C(C(=O)C[C@H](c3ccccc3)C2)[C@@H]1c1ccc(N(C)C)cc1. The molecule has 0 unspecified atom stereocenters. The lowest BCUT2D eigenvalue weighted by Gasteiger charge is -2.35. The van der Waals surface area contributed by atoms with Crippen molar-refractivity contribution in [2.24, 2.45) is 0 Å². The Bertz CT molecular complexity index is 1330. The molecule has 5 nitrogen and oxygen atoms in total. The Morgan fingerprint density at radius 3 is 2.32 bits per heavy atom. The molecule has 0 saturated carbocycles. The maximum atomic E-state index is 14.1. The summed E-state index contributed by atoms with van der Waals surface area (Å²) >= 11 is 0. The van der Waals surface area contributed by atoms with Crippen molar-refractivity contribution in [2.75, 3.05) is 29.2 Å². The van der Waals surface area contributed by atoms with Crippen molar-refractivity contribution in [3.05, 3.63) is 101 Å². The highest BCUT2D eigenvalue weighted by Gasteiger charge is 2.41. The van der Waals surface area contributed by atoms with Gasteiger partial charge in [-0.1, -0.05) is 74.4 Å². The Hall–Kier alpha value is -3.86. The molecule has 2 aliphatic rings. The number of fused-ring (bicyclic) bond motifs is 1. The third-order valence-corrected chi connectivity index (χ3v) is 7.75. The second-order valence-electron chi connectivity index (χ2n) is 10.6. The van der Waals surface area contributed by atoms with Gasteiger partial charge >= 0.3 is 0 Å². The number of unbranched alkanes of at least 4 members (excludes halogenated alkanes) is 2. The second kappa shape index (κ2) is 11.3. The molecule has 1 N–H and O–H groups in total. The molecule has 3 aromatic rings. The number of nitrogens with one attached hydrogen (secondary N) is 1. The van der Waals surface area contributed by atoms with Gasteiger partial charge in [0.1, 0.15) is 0 Å². The van der Waals surface area contributed by atoms with Gasteiger partial charge in [-0.2, -0.15) is 0 Å². The van der Waals surface area contributed by atoms with E-state index in [0.717, 1.165) is 59.6 Å². The average molecular weight is 508 g/mol. The minimum Gasteiger partial charge on any atom is -0.378 e. The summed E-state index contributed by atoms with van der Waals surface area (Å²) < 4.78 is 0. The van der Waals surface area contributed by atoms with Crippen molar-refractivity contribution in [1.29, 1.82) is 0 Å². The normalized spacial score (nSPS) is 18.8. The van der Waals surface area contributed by atoms with Gasteiger partial charge in [-0.25, -0.2) is 0 Å². The quantitative estimate of drug-likeness (QED) is 0.343. The fourth-order valence-corrected chi connectivity index (χ4v) is 5.74. The number of ketones is 1. The van der Waals surface area contributed by atoms with Crippen LogP contribution in [0.5, 0.6) is 0 Å². The van der Waals surface area contributed by atoms with E-state index in [1.54, 1.807) is 0 Å². The number of rotatable bonds is 7. The van der Waals surface area contributed by atoms with Crippen molar-refractivity contribution in [3.63, 3.8) is 0 Å². The van der Waals surface area contributed by atoms with E-state index in [1.807, 2.05) is 61.5 Å². The topological polar surface area (TPSA) is 52.7 Å². The monoisotopic (exact) mass is 507 g/mol. The van der Waals surface area contributed by atoms with Crippen LogP contribution in [0.2, 0.25) is 0 Å². The molecule has 2 atom stereocenters. The third-order valence-electron chi connectivity index (χ3n) is 7.75. The number of carbonyl (C=O) groups excluding carboxylic acids is 2. The summed E-state index contributed by atoms with van der Waals surface area (Å²) in [5.41, 5.74) is 6.55. The van der Waals surface area contributed by atoms with Crippen LogP contribution in [0, 0.1) is 0 Å². The first kappa shape index (κ1) is 25.8. The average Bonchev–Trinajstić information content (AvgIpc) is 3.08. The molecule has 3 aromatic carbocycles. The van der Waals surface area contributed by atoms with E-state index in [0.29, 0.717) is 12.8 Å². The highest BCUT2D eigenvalue weighted by Crippen LogP contribution is 2.47. The van der Waals surface area contributed by atoms with Crippen LogP contribution in [0.15, 0.2) is 90.1 Å². The minimum atomic E-state index is -0.476. The van der Waals surface area contributed by atoms with E-state index in [4.69, 9.17) is 0 Å². The number of benzene rings is 3. The number of allylic oxidation sites excluding steroid dienone is 1. The molecule has 5 heteroatoms. The van der Waals surface area contributed by atoms with Gasteiger partial charge in [-0.05, 0) is 54.2 Å². The number of carbonyl (C=O) groups is 2. The molecule has 1 aliphatic carbocycles. The largest absolute Gasteiger partial charge is 0.378 e. The smallest absolute Gasteiger partial charge is 0.227 e. The molecular weight excluding hydrogens is 470 g/mol. The van der Waals surface area contributed by atoms with Gasteiger partial charge in [0.05, 0.1) is 17.4 Å². The van der Waals surface area contributed by atoms with Crippen LogP contribution in [0.25, 0.3) is 0 Å². The standard InChI is InChI=1S/C33H37N3O2/c1-4-5-7-16-31(38)36-29-15-11-10-14-27(29)34-28-21-25(23-12-8-6-9-13-23)22-30(37)32(28)33(36)24-17-19-26(20-18-24)35(2)3/h6,8-15,17-20,25,33-34H,4-5,7,16,21-22H2,1-3H3/t25-,33+/m1/s1. The van der Waals surface area contributed by atoms with Crippen LogP contribution < -0.4 is 15.1 Å². The summed E-state index contributed by atoms with van der Waals surface area (Å²) in [6, 6.07) is 26.1. The van der Waals surface area contributed by atoms with Gasteiger partial charge in [0.15, 0.2) is 5.78 Å². The van der Waals surface area contributed by atoms with Crippen LogP contribution in [0.1, 0.15) is 68.5 Å². The number of para-hydroxylation sites is 2. The molecule has 0 radical (unpaired) electrons. The van der Waals surface area contributed by atoms with Crippen LogP contribution in [0.3, 0.4) is 0 Å². The summed E-state index contributed by atoms with van der Waals surface area (Å²) in [6.07, 6.45) is 4.51.